The first-order chi connectivity index (χ1) is 10.4. The van der Waals surface area contributed by atoms with E-state index < -0.39 is 0 Å². The Morgan fingerprint density at radius 1 is 0.857 bits per heavy atom. The second-order valence-corrected chi connectivity index (χ2v) is 5.82. The third kappa shape index (κ3) is 4.08. The van der Waals surface area contributed by atoms with Crippen molar-refractivity contribution in [3.63, 3.8) is 0 Å². The summed E-state index contributed by atoms with van der Waals surface area (Å²) in [5.41, 5.74) is 3.75. The van der Waals surface area contributed by atoms with Crippen LogP contribution in [0, 0.1) is 0 Å². The molecule has 2 nitrogen and oxygen atoms in total. The van der Waals surface area contributed by atoms with Gasteiger partial charge in [-0.15, -0.1) is 0 Å². The average Bonchev–Trinajstić information content (AvgIpc) is 2.83. The van der Waals surface area contributed by atoms with E-state index in [1.807, 2.05) is 0 Å². The molecule has 0 amide bonds. The normalized spacial score (nSPS) is 19.0. The minimum absolute atomic E-state index is 0.612. The first-order valence-electron chi connectivity index (χ1n) is 8.04. The van der Waals surface area contributed by atoms with Crippen molar-refractivity contribution in [3.05, 3.63) is 54.6 Å². The van der Waals surface area contributed by atoms with E-state index >= 15 is 0 Å². The fourth-order valence-electron chi connectivity index (χ4n) is 2.93. The van der Waals surface area contributed by atoms with Crippen LogP contribution in [0.5, 0.6) is 0 Å². The molecule has 21 heavy (non-hydrogen) atoms. The van der Waals surface area contributed by atoms with Crippen molar-refractivity contribution >= 4 is 5.69 Å². The predicted molar refractivity (Wildman–Crippen MR) is 90.6 cm³/mol. The average molecular weight is 280 g/mol. The van der Waals surface area contributed by atoms with Gasteiger partial charge in [0.1, 0.15) is 0 Å². The Morgan fingerprint density at radius 3 is 2.43 bits per heavy atom. The van der Waals surface area contributed by atoms with Crippen LogP contribution < -0.4 is 10.6 Å². The lowest BCUT2D eigenvalue weighted by Crippen LogP contribution is -2.34. The standard InChI is InChI=1S/C19H24N2/c1-3-7-16(8-4-1)17-10-12-18(13-11-17)21-15-19-9-5-2-6-14-20-19/h1,3-4,7-8,10-13,19-21H,2,5-6,9,14-15H2. The number of nitrogens with one attached hydrogen (secondary N) is 2. The maximum atomic E-state index is 3.63. The van der Waals surface area contributed by atoms with Crippen LogP contribution in [0.2, 0.25) is 0 Å². The van der Waals surface area contributed by atoms with E-state index in [0.717, 1.165) is 6.54 Å². The Morgan fingerprint density at radius 2 is 1.62 bits per heavy atom. The smallest absolute Gasteiger partial charge is 0.0341 e. The van der Waals surface area contributed by atoms with Crippen LogP contribution in [-0.2, 0) is 0 Å². The minimum Gasteiger partial charge on any atom is -0.383 e. The fourth-order valence-corrected chi connectivity index (χ4v) is 2.93. The van der Waals surface area contributed by atoms with Gasteiger partial charge in [0.2, 0.25) is 0 Å². The molecule has 2 aromatic carbocycles. The minimum atomic E-state index is 0.612. The largest absolute Gasteiger partial charge is 0.383 e. The molecule has 1 aliphatic rings. The maximum Gasteiger partial charge on any atom is 0.0341 e. The highest BCUT2D eigenvalue weighted by Gasteiger charge is 2.10. The summed E-state index contributed by atoms with van der Waals surface area (Å²) in [4.78, 5) is 0. The van der Waals surface area contributed by atoms with Gasteiger partial charge in [0, 0.05) is 18.3 Å². The van der Waals surface area contributed by atoms with Gasteiger partial charge in [-0.3, -0.25) is 0 Å². The van der Waals surface area contributed by atoms with Gasteiger partial charge in [0.05, 0.1) is 0 Å². The van der Waals surface area contributed by atoms with Gasteiger partial charge < -0.3 is 10.6 Å². The zero-order valence-corrected chi connectivity index (χ0v) is 12.5. The van der Waals surface area contributed by atoms with Crippen LogP contribution in [0.3, 0.4) is 0 Å². The molecule has 0 radical (unpaired) electrons. The Balaban J connectivity index is 1.57. The van der Waals surface area contributed by atoms with Gasteiger partial charge in [0.15, 0.2) is 0 Å². The Kier molecular flexibility index (Phi) is 4.90. The van der Waals surface area contributed by atoms with E-state index in [-0.39, 0.29) is 0 Å². The summed E-state index contributed by atoms with van der Waals surface area (Å²) in [5.74, 6) is 0. The van der Waals surface area contributed by atoms with Crippen molar-refractivity contribution in [1.29, 1.82) is 0 Å². The molecule has 1 unspecified atom stereocenters. The molecule has 1 saturated heterocycles. The molecule has 110 valence electrons. The molecule has 1 fully saturated rings. The Bertz CT molecular complexity index is 525. The lowest BCUT2D eigenvalue weighted by atomic mass is 10.1. The topological polar surface area (TPSA) is 24.1 Å². The van der Waals surface area contributed by atoms with Gasteiger partial charge in [-0.05, 0) is 42.6 Å². The molecule has 2 N–H and O–H groups in total. The van der Waals surface area contributed by atoms with Crippen molar-refractivity contribution < 1.29 is 0 Å². The predicted octanol–water partition coefficient (Wildman–Crippen LogP) is 4.30. The van der Waals surface area contributed by atoms with E-state index in [9.17, 15) is 0 Å². The number of rotatable bonds is 4. The van der Waals surface area contributed by atoms with E-state index in [2.05, 4.69) is 65.2 Å². The Hall–Kier alpha value is -1.80. The lowest BCUT2D eigenvalue weighted by molar-refractivity contribution is 0.530. The van der Waals surface area contributed by atoms with Crippen LogP contribution >= 0.6 is 0 Å². The quantitative estimate of drug-likeness (QED) is 0.872. The second-order valence-electron chi connectivity index (χ2n) is 5.82. The van der Waals surface area contributed by atoms with E-state index in [4.69, 9.17) is 0 Å². The third-order valence-electron chi connectivity index (χ3n) is 4.21. The highest BCUT2D eigenvalue weighted by atomic mass is 15.0. The molecular weight excluding hydrogens is 256 g/mol. The summed E-state index contributed by atoms with van der Waals surface area (Å²) in [5, 5.41) is 7.18. The van der Waals surface area contributed by atoms with E-state index in [1.54, 1.807) is 0 Å². The van der Waals surface area contributed by atoms with Crippen molar-refractivity contribution in [2.45, 2.75) is 31.7 Å². The molecule has 0 bridgehead atoms. The zero-order chi connectivity index (χ0) is 14.3. The van der Waals surface area contributed by atoms with Crippen molar-refractivity contribution in [2.24, 2.45) is 0 Å². The van der Waals surface area contributed by atoms with Crippen LogP contribution in [-0.4, -0.2) is 19.1 Å². The van der Waals surface area contributed by atoms with Crippen LogP contribution in [0.4, 0.5) is 5.69 Å². The molecular formula is C19H24N2. The Labute approximate surface area is 127 Å². The SMILES string of the molecule is c1ccc(-c2ccc(NCC3CCCCCN3)cc2)cc1. The lowest BCUT2D eigenvalue weighted by Gasteiger charge is -2.17. The van der Waals surface area contributed by atoms with Crippen molar-refractivity contribution in [1.82, 2.24) is 5.32 Å². The molecule has 0 saturated carbocycles. The van der Waals surface area contributed by atoms with Gasteiger partial charge in [-0.1, -0.05) is 55.3 Å². The molecule has 1 heterocycles. The molecule has 1 aliphatic heterocycles. The van der Waals surface area contributed by atoms with Crippen molar-refractivity contribution in [3.8, 4) is 11.1 Å². The number of anilines is 1. The summed E-state index contributed by atoms with van der Waals surface area (Å²) in [6.45, 7) is 2.18. The van der Waals surface area contributed by atoms with Crippen molar-refractivity contribution in [2.75, 3.05) is 18.4 Å². The summed E-state index contributed by atoms with van der Waals surface area (Å²) < 4.78 is 0. The first-order valence-corrected chi connectivity index (χ1v) is 8.04. The summed E-state index contributed by atoms with van der Waals surface area (Å²) in [7, 11) is 0. The van der Waals surface area contributed by atoms with Crippen LogP contribution in [0.1, 0.15) is 25.7 Å². The molecule has 2 heteroatoms. The molecule has 1 atom stereocenters. The summed E-state index contributed by atoms with van der Waals surface area (Å²) >= 11 is 0. The molecule has 0 aromatic heterocycles. The first kappa shape index (κ1) is 14.2. The third-order valence-corrected chi connectivity index (χ3v) is 4.21. The fraction of sp³-hybridized carbons (Fsp3) is 0.368. The highest BCUT2D eigenvalue weighted by Crippen LogP contribution is 2.21. The van der Waals surface area contributed by atoms with Gasteiger partial charge in [-0.2, -0.15) is 0 Å². The number of benzene rings is 2. The number of hydrogen-bond donors (Lipinski definition) is 2. The highest BCUT2D eigenvalue weighted by molar-refractivity contribution is 5.65. The van der Waals surface area contributed by atoms with E-state index in [1.165, 1.54) is 49.0 Å². The number of hydrogen-bond acceptors (Lipinski definition) is 2. The molecule has 0 aliphatic carbocycles. The van der Waals surface area contributed by atoms with Crippen LogP contribution in [0.25, 0.3) is 11.1 Å². The summed E-state index contributed by atoms with van der Waals surface area (Å²) in [6.07, 6.45) is 5.33. The van der Waals surface area contributed by atoms with E-state index in [0.29, 0.717) is 6.04 Å². The second kappa shape index (κ2) is 7.28. The van der Waals surface area contributed by atoms with Crippen LogP contribution in [0.15, 0.2) is 54.6 Å². The van der Waals surface area contributed by atoms with Gasteiger partial charge in [0.25, 0.3) is 0 Å². The maximum absolute atomic E-state index is 3.63. The molecule has 2 aromatic rings. The van der Waals surface area contributed by atoms with Gasteiger partial charge >= 0.3 is 0 Å². The van der Waals surface area contributed by atoms with Gasteiger partial charge in [-0.25, -0.2) is 0 Å². The molecule has 3 rings (SSSR count). The summed E-state index contributed by atoms with van der Waals surface area (Å²) in [6, 6.07) is 19.9. The zero-order valence-electron chi connectivity index (χ0n) is 12.5. The molecule has 0 spiro atoms. The monoisotopic (exact) mass is 280 g/mol.